The highest BCUT2D eigenvalue weighted by Gasteiger charge is 2.54. The minimum absolute atomic E-state index is 0.153. The Labute approximate surface area is 182 Å². The summed E-state index contributed by atoms with van der Waals surface area (Å²) < 4.78 is 1.93. The van der Waals surface area contributed by atoms with Gasteiger partial charge < -0.3 is 5.32 Å². The average molecular weight is 432 g/mol. The molecule has 4 nitrogen and oxygen atoms in total. The Hall–Kier alpha value is -1.52. The molecule has 4 aliphatic rings. The van der Waals surface area contributed by atoms with Crippen LogP contribution in [0.3, 0.4) is 0 Å². The van der Waals surface area contributed by atoms with Crippen molar-refractivity contribution in [2.75, 3.05) is 5.32 Å². The number of halogens is 2. The van der Waals surface area contributed by atoms with E-state index in [0.29, 0.717) is 16.6 Å². The van der Waals surface area contributed by atoms with E-state index < -0.39 is 0 Å². The fraction of sp³-hybridized carbons (Fsp3) is 0.565. The first-order valence-corrected chi connectivity index (χ1v) is 11.4. The average Bonchev–Trinajstić information content (AvgIpc) is 2.91. The van der Waals surface area contributed by atoms with E-state index in [9.17, 15) is 4.79 Å². The molecule has 29 heavy (non-hydrogen) atoms. The van der Waals surface area contributed by atoms with Gasteiger partial charge in [0.05, 0.1) is 39.1 Å². The Balaban J connectivity index is 1.36. The topological polar surface area (TPSA) is 46.9 Å². The van der Waals surface area contributed by atoms with Crippen LogP contribution in [0.25, 0.3) is 0 Å². The highest BCUT2D eigenvalue weighted by Crippen LogP contribution is 2.60. The maximum Gasteiger partial charge on any atom is 0.230 e. The third kappa shape index (κ3) is 3.38. The number of nitrogens with zero attached hydrogens (tertiary/aromatic N) is 2. The predicted molar refractivity (Wildman–Crippen MR) is 116 cm³/mol. The van der Waals surface area contributed by atoms with Crippen LogP contribution < -0.4 is 5.32 Å². The molecule has 154 valence electrons. The van der Waals surface area contributed by atoms with Gasteiger partial charge in [-0.1, -0.05) is 29.3 Å². The van der Waals surface area contributed by atoms with E-state index in [4.69, 9.17) is 23.2 Å². The van der Waals surface area contributed by atoms with Gasteiger partial charge in [0.1, 0.15) is 0 Å². The maximum absolute atomic E-state index is 13.4. The molecule has 4 fully saturated rings. The van der Waals surface area contributed by atoms with Crippen LogP contribution in [0.5, 0.6) is 0 Å². The van der Waals surface area contributed by atoms with Crippen molar-refractivity contribution in [3.63, 3.8) is 0 Å². The highest BCUT2D eigenvalue weighted by atomic mass is 35.5. The van der Waals surface area contributed by atoms with Gasteiger partial charge in [-0.3, -0.25) is 9.48 Å². The number of hydrogen-bond acceptors (Lipinski definition) is 2. The molecule has 0 radical (unpaired) electrons. The molecule has 1 aromatic heterocycles. The minimum atomic E-state index is -0.153. The Morgan fingerprint density at radius 3 is 2.31 bits per heavy atom. The van der Waals surface area contributed by atoms with E-state index in [1.165, 1.54) is 19.3 Å². The third-order valence-corrected chi connectivity index (χ3v) is 8.20. The first-order chi connectivity index (χ1) is 13.8. The maximum atomic E-state index is 13.4. The number of anilines is 1. The minimum Gasteiger partial charge on any atom is -0.322 e. The molecule has 0 unspecified atom stereocenters. The van der Waals surface area contributed by atoms with Crippen LogP contribution in [0.4, 0.5) is 5.69 Å². The van der Waals surface area contributed by atoms with Crippen LogP contribution in [-0.2, 0) is 11.3 Å². The number of amides is 1. The Morgan fingerprint density at radius 1 is 1.10 bits per heavy atom. The van der Waals surface area contributed by atoms with Crippen molar-refractivity contribution >= 4 is 34.8 Å². The molecule has 4 saturated carbocycles. The fourth-order valence-corrected chi connectivity index (χ4v) is 6.80. The highest BCUT2D eigenvalue weighted by molar-refractivity contribution is 6.42. The van der Waals surface area contributed by atoms with Crippen molar-refractivity contribution in [3.05, 3.63) is 45.2 Å². The molecule has 1 N–H and O–H groups in total. The number of nitrogens with one attached hydrogen (secondary N) is 1. The second-order valence-electron chi connectivity index (χ2n) is 9.60. The number of carbonyl (C=O) groups is 1. The van der Waals surface area contributed by atoms with E-state index in [1.54, 1.807) is 6.07 Å². The molecule has 6 heteroatoms. The van der Waals surface area contributed by atoms with Crippen molar-refractivity contribution in [3.8, 4) is 0 Å². The Morgan fingerprint density at radius 2 is 1.72 bits per heavy atom. The van der Waals surface area contributed by atoms with E-state index in [1.807, 2.05) is 30.7 Å². The lowest BCUT2D eigenvalue weighted by atomic mass is 9.49. The van der Waals surface area contributed by atoms with E-state index in [-0.39, 0.29) is 11.3 Å². The molecule has 0 spiro atoms. The number of benzene rings is 1. The van der Waals surface area contributed by atoms with Crippen LogP contribution in [-0.4, -0.2) is 15.7 Å². The SMILES string of the molecule is Cc1nn(Cc2ccc(Cl)c(Cl)c2)c(C)c1NC(=O)C12CC3CC(CC(C3)C1)C2. The zero-order chi connectivity index (χ0) is 20.3. The van der Waals surface area contributed by atoms with Crippen LogP contribution in [0.15, 0.2) is 18.2 Å². The number of hydrogen-bond donors (Lipinski definition) is 1. The van der Waals surface area contributed by atoms with E-state index in [2.05, 4.69) is 10.4 Å². The molecule has 0 saturated heterocycles. The second-order valence-corrected chi connectivity index (χ2v) is 10.4. The van der Waals surface area contributed by atoms with Crippen LogP contribution in [0, 0.1) is 37.0 Å². The molecule has 2 aromatic rings. The van der Waals surface area contributed by atoms with Gasteiger partial charge in [-0.2, -0.15) is 5.10 Å². The fourth-order valence-electron chi connectivity index (χ4n) is 6.48. The summed E-state index contributed by atoms with van der Waals surface area (Å²) in [6, 6.07) is 5.63. The molecule has 1 heterocycles. The molecule has 6 rings (SSSR count). The van der Waals surface area contributed by atoms with Crippen molar-refractivity contribution in [1.29, 1.82) is 0 Å². The number of aryl methyl sites for hydroxylation is 1. The van der Waals surface area contributed by atoms with Crippen molar-refractivity contribution in [1.82, 2.24) is 9.78 Å². The zero-order valence-electron chi connectivity index (χ0n) is 17.0. The molecule has 1 amide bonds. The van der Waals surface area contributed by atoms with Gasteiger partial charge in [-0.05, 0) is 87.8 Å². The molecule has 0 aliphatic heterocycles. The Bertz CT molecular complexity index is 945. The quantitative estimate of drug-likeness (QED) is 0.643. The predicted octanol–water partition coefficient (Wildman–Crippen LogP) is 6.01. The van der Waals surface area contributed by atoms with Crippen molar-refractivity contribution in [2.45, 2.75) is 58.9 Å². The third-order valence-electron chi connectivity index (χ3n) is 7.46. The molecule has 0 atom stereocenters. The van der Waals surface area contributed by atoms with Gasteiger partial charge in [-0.15, -0.1) is 0 Å². The summed E-state index contributed by atoms with van der Waals surface area (Å²) in [7, 11) is 0. The normalized spacial score (nSPS) is 30.0. The van der Waals surface area contributed by atoms with Crippen molar-refractivity contribution < 1.29 is 4.79 Å². The number of aromatic nitrogens is 2. The molecule has 1 aromatic carbocycles. The van der Waals surface area contributed by atoms with E-state index >= 15 is 0 Å². The smallest absolute Gasteiger partial charge is 0.230 e. The van der Waals surface area contributed by atoms with Gasteiger partial charge in [-0.25, -0.2) is 0 Å². The summed E-state index contributed by atoms with van der Waals surface area (Å²) in [5.41, 5.74) is 3.58. The second kappa shape index (κ2) is 7.02. The van der Waals surface area contributed by atoms with Gasteiger partial charge in [0.15, 0.2) is 0 Å². The molecular formula is C23H27Cl2N3O. The lowest BCUT2D eigenvalue weighted by molar-refractivity contribution is -0.140. The van der Waals surface area contributed by atoms with Crippen molar-refractivity contribution in [2.24, 2.45) is 23.2 Å². The van der Waals surface area contributed by atoms with Crippen LogP contribution >= 0.6 is 23.2 Å². The summed E-state index contributed by atoms with van der Waals surface area (Å²) in [5, 5.41) is 9.07. The van der Waals surface area contributed by atoms with Gasteiger partial charge in [0.2, 0.25) is 5.91 Å². The monoisotopic (exact) mass is 431 g/mol. The Kier molecular flexibility index (Phi) is 4.71. The molecule has 4 bridgehead atoms. The first-order valence-electron chi connectivity index (χ1n) is 10.6. The number of carbonyl (C=O) groups excluding carboxylic acids is 1. The molecule has 4 aliphatic carbocycles. The lowest BCUT2D eigenvalue weighted by Crippen LogP contribution is -2.51. The lowest BCUT2D eigenvalue weighted by Gasteiger charge is -2.55. The summed E-state index contributed by atoms with van der Waals surface area (Å²) >= 11 is 12.2. The first kappa shape index (κ1) is 19.4. The largest absolute Gasteiger partial charge is 0.322 e. The van der Waals surface area contributed by atoms with Crippen LogP contribution in [0.1, 0.15) is 55.5 Å². The van der Waals surface area contributed by atoms with Gasteiger partial charge in [0.25, 0.3) is 0 Å². The zero-order valence-corrected chi connectivity index (χ0v) is 18.5. The standard InChI is InChI=1S/C23H27Cl2N3O/c1-13-21(14(2)28(27-13)12-15-3-4-19(24)20(25)8-15)26-22(29)23-9-16-5-17(10-23)7-18(6-16)11-23/h3-4,8,16-18H,5-7,9-12H2,1-2H3,(H,26,29). The summed E-state index contributed by atoms with van der Waals surface area (Å²) in [6.07, 6.45) is 7.23. The van der Waals surface area contributed by atoms with Gasteiger partial charge >= 0.3 is 0 Å². The van der Waals surface area contributed by atoms with E-state index in [0.717, 1.165) is 59.7 Å². The molecular weight excluding hydrogens is 405 g/mol. The number of rotatable bonds is 4. The van der Waals surface area contributed by atoms with Crippen LogP contribution in [0.2, 0.25) is 10.0 Å². The summed E-state index contributed by atoms with van der Waals surface area (Å²) in [4.78, 5) is 13.4. The summed E-state index contributed by atoms with van der Waals surface area (Å²) in [5.74, 6) is 2.49. The van der Waals surface area contributed by atoms with Gasteiger partial charge in [0, 0.05) is 0 Å². The summed E-state index contributed by atoms with van der Waals surface area (Å²) in [6.45, 7) is 4.58.